The Balaban J connectivity index is 1.81. The van der Waals surface area contributed by atoms with Gasteiger partial charge in [-0.1, -0.05) is 12.1 Å². The lowest BCUT2D eigenvalue weighted by Gasteiger charge is -2.21. The highest BCUT2D eigenvalue weighted by atomic mass is 19.1. The largest absolute Gasteiger partial charge is 0.396 e. The molecular formula is C18H24FN3O3. The zero-order valence-corrected chi connectivity index (χ0v) is 14.3. The average Bonchev–Trinajstić information content (AvgIpc) is 2.81. The molecule has 1 aromatic heterocycles. The lowest BCUT2D eigenvalue weighted by atomic mass is 10.1. The van der Waals surface area contributed by atoms with Crippen LogP contribution in [0.25, 0.3) is 10.9 Å². The van der Waals surface area contributed by atoms with Crippen LogP contribution in [0.5, 0.6) is 0 Å². The van der Waals surface area contributed by atoms with E-state index in [1.165, 1.54) is 6.07 Å². The maximum absolute atomic E-state index is 14.0. The fourth-order valence-corrected chi connectivity index (χ4v) is 3.43. The standard InChI is InChI=1S/C18H24FN3O3/c1-12-14-4-2-5-15(19)17(14)20-16(12)18(25)22-8-7-21(6-3-9-23)10-13(24)11-22/h2,4-5,13,20,23-24H,3,6-11H2,1H3/t13-/m1/s1. The van der Waals surface area contributed by atoms with Crippen molar-refractivity contribution in [1.82, 2.24) is 14.8 Å². The van der Waals surface area contributed by atoms with Gasteiger partial charge < -0.3 is 20.1 Å². The molecule has 0 saturated carbocycles. The normalized spacial score (nSPS) is 19.4. The zero-order valence-electron chi connectivity index (χ0n) is 14.3. The highest BCUT2D eigenvalue weighted by molar-refractivity contribution is 6.01. The summed E-state index contributed by atoms with van der Waals surface area (Å²) in [6.45, 7) is 4.43. The van der Waals surface area contributed by atoms with E-state index >= 15 is 0 Å². The first-order valence-electron chi connectivity index (χ1n) is 8.58. The number of para-hydroxylation sites is 1. The predicted octanol–water partition coefficient (Wildman–Crippen LogP) is 1.12. The number of carbonyl (C=O) groups is 1. The first-order chi connectivity index (χ1) is 12.0. The highest BCUT2D eigenvalue weighted by Crippen LogP contribution is 2.25. The summed E-state index contributed by atoms with van der Waals surface area (Å²) in [5.74, 6) is -0.609. The van der Waals surface area contributed by atoms with Gasteiger partial charge in [-0.05, 0) is 25.0 Å². The van der Waals surface area contributed by atoms with E-state index in [1.807, 2.05) is 4.90 Å². The Morgan fingerprint density at radius 2 is 2.16 bits per heavy atom. The van der Waals surface area contributed by atoms with Crippen LogP contribution >= 0.6 is 0 Å². The molecule has 1 aliphatic heterocycles. The molecule has 1 aromatic carbocycles. The van der Waals surface area contributed by atoms with E-state index in [0.717, 1.165) is 5.56 Å². The number of aromatic nitrogens is 1. The van der Waals surface area contributed by atoms with E-state index in [-0.39, 0.29) is 24.9 Å². The molecule has 136 valence electrons. The third-order valence-corrected chi connectivity index (χ3v) is 4.76. The molecule has 1 fully saturated rings. The Labute approximate surface area is 145 Å². The maximum Gasteiger partial charge on any atom is 0.270 e. The molecule has 2 heterocycles. The van der Waals surface area contributed by atoms with Crippen molar-refractivity contribution < 1.29 is 19.4 Å². The van der Waals surface area contributed by atoms with Gasteiger partial charge >= 0.3 is 0 Å². The van der Waals surface area contributed by atoms with Crippen LogP contribution in [0.1, 0.15) is 22.5 Å². The molecule has 3 N–H and O–H groups in total. The van der Waals surface area contributed by atoms with Crippen LogP contribution in [-0.4, -0.2) is 76.3 Å². The summed E-state index contributed by atoms with van der Waals surface area (Å²) in [5.41, 5.74) is 1.43. The quantitative estimate of drug-likeness (QED) is 0.773. The number of β-amino-alcohol motifs (C(OH)–C–C–N with tert-alkyl or cyclic N) is 1. The number of aromatic amines is 1. The number of aliphatic hydroxyl groups excluding tert-OH is 2. The zero-order chi connectivity index (χ0) is 18.0. The van der Waals surface area contributed by atoms with Gasteiger partial charge in [0.15, 0.2) is 0 Å². The van der Waals surface area contributed by atoms with Crippen LogP contribution < -0.4 is 0 Å². The number of carbonyl (C=O) groups excluding carboxylic acids is 1. The number of nitrogens with one attached hydrogen (secondary N) is 1. The van der Waals surface area contributed by atoms with E-state index in [2.05, 4.69) is 4.98 Å². The van der Waals surface area contributed by atoms with Crippen molar-refractivity contribution in [3.63, 3.8) is 0 Å². The number of hydrogen-bond acceptors (Lipinski definition) is 4. The summed E-state index contributed by atoms with van der Waals surface area (Å²) in [6, 6.07) is 4.78. The van der Waals surface area contributed by atoms with E-state index in [9.17, 15) is 14.3 Å². The average molecular weight is 349 g/mol. The number of hydrogen-bond donors (Lipinski definition) is 3. The number of nitrogens with zero attached hydrogens (tertiary/aromatic N) is 2. The van der Waals surface area contributed by atoms with Gasteiger partial charge in [0.05, 0.1) is 11.6 Å². The molecule has 6 nitrogen and oxygen atoms in total. The summed E-state index contributed by atoms with van der Waals surface area (Å²) in [4.78, 5) is 19.5. The Kier molecular flexibility index (Phi) is 5.36. The number of benzene rings is 1. The van der Waals surface area contributed by atoms with Crippen LogP contribution in [-0.2, 0) is 0 Å². The monoisotopic (exact) mass is 349 g/mol. The summed E-state index contributed by atoms with van der Waals surface area (Å²) in [5, 5.41) is 19.9. The minimum atomic E-state index is -0.647. The molecular weight excluding hydrogens is 325 g/mol. The molecule has 0 radical (unpaired) electrons. The maximum atomic E-state index is 14.0. The number of rotatable bonds is 4. The number of fused-ring (bicyclic) bond motifs is 1. The Bertz CT molecular complexity index is 761. The second-order valence-corrected chi connectivity index (χ2v) is 6.57. The summed E-state index contributed by atoms with van der Waals surface area (Å²) in [6.07, 6.45) is -0.00675. The lowest BCUT2D eigenvalue weighted by Crippen LogP contribution is -2.38. The van der Waals surface area contributed by atoms with Gasteiger partial charge in [-0.2, -0.15) is 0 Å². The Morgan fingerprint density at radius 1 is 1.36 bits per heavy atom. The third-order valence-electron chi connectivity index (χ3n) is 4.76. The Morgan fingerprint density at radius 3 is 2.88 bits per heavy atom. The molecule has 1 atom stereocenters. The number of H-pyrrole nitrogens is 1. The molecule has 0 bridgehead atoms. The van der Waals surface area contributed by atoms with Gasteiger partial charge in [0.2, 0.25) is 0 Å². The van der Waals surface area contributed by atoms with Crippen LogP contribution in [0.3, 0.4) is 0 Å². The van der Waals surface area contributed by atoms with Crippen molar-refractivity contribution in [2.45, 2.75) is 19.4 Å². The first kappa shape index (κ1) is 17.8. The van der Waals surface area contributed by atoms with Crippen LogP contribution in [0, 0.1) is 12.7 Å². The van der Waals surface area contributed by atoms with Crippen LogP contribution in [0.2, 0.25) is 0 Å². The fourth-order valence-electron chi connectivity index (χ4n) is 3.43. The molecule has 0 aliphatic carbocycles. The lowest BCUT2D eigenvalue weighted by molar-refractivity contribution is 0.0658. The van der Waals surface area contributed by atoms with Crippen molar-refractivity contribution in [2.75, 3.05) is 39.3 Å². The molecule has 0 spiro atoms. The fraction of sp³-hybridized carbons (Fsp3) is 0.500. The van der Waals surface area contributed by atoms with Gasteiger partial charge in [-0.25, -0.2) is 4.39 Å². The van der Waals surface area contributed by atoms with Crippen molar-refractivity contribution in [2.24, 2.45) is 0 Å². The minimum Gasteiger partial charge on any atom is -0.396 e. The molecule has 1 aliphatic rings. The SMILES string of the molecule is Cc1c(C(=O)N2CCN(CCCO)C[C@@H](O)C2)[nH]c2c(F)cccc12. The first-order valence-corrected chi connectivity index (χ1v) is 8.58. The van der Waals surface area contributed by atoms with Gasteiger partial charge in [-0.15, -0.1) is 0 Å². The van der Waals surface area contributed by atoms with E-state index in [0.29, 0.717) is 49.2 Å². The highest BCUT2D eigenvalue weighted by Gasteiger charge is 2.27. The second-order valence-electron chi connectivity index (χ2n) is 6.57. The smallest absolute Gasteiger partial charge is 0.270 e. The molecule has 1 amide bonds. The molecule has 2 aromatic rings. The van der Waals surface area contributed by atoms with Gasteiger partial charge in [0, 0.05) is 44.7 Å². The van der Waals surface area contributed by atoms with Gasteiger partial charge in [-0.3, -0.25) is 9.69 Å². The van der Waals surface area contributed by atoms with E-state index < -0.39 is 6.10 Å². The number of aliphatic hydroxyl groups is 2. The molecule has 25 heavy (non-hydrogen) atoms. The van der Waals surface area contributed by atoms with Crippen molar-refractivity contribution in [3.05, 3.63) is 35.3 Å². The van der Waals surface area contributed by atoms with E-state index in [4.69, 9.17) is 5.11 Å². The minimum absolute atomic E-state index is 0.106. The number of halogens is 1. The van der Waals surface area contributed by atoms with Crippen molar-refractivity contribution >= 4 is 16.8 Å². The van der Waals surface area contributed by atoms with Crippen molar-refractivity contribution in [3.8, 4) is 0 Å². The molecule has 1 saturated heterocycles. The Hall–Kier alpha value is -1.96. The van der Waals surface area contributed by atoms with Crippen molar-refractivity contribution in [1.29, 1.82) is 0 Å². The molecule has 0 unspecified atom stereocenters. The van der Waals surface area contributed by atoms with Crippen LogP contribution in [0.4, 0.5) is 4.39 Å². The van der Waals surface area contributed by atoms with E-state index in [1.54, 1.807) is 24.0 Å². The van der Waals surface area contributed by atoms with Gasteiger partial charge in [0.1, 0.15) is 11.5 Å². The molecule has 3 rings (SSSR count). The molecule has 7 heteroatoms. The topological polar surface area (TPSA) is 79.8 Å². The van der Waals surface area contributed by atoms with Crippen LogP contribution in [0.15, 0.2) is 18.2 Å². The third kappa shape index (κ3) is 3.68. The van der Waals surface area contributed by atoms with Gasteiger partial charge in [0.25, 0.3) is 5.91 Å². The predicted molar refractivity (Wildman–Crippen MR) is 93.0 cm³/mol. The number of aryl methyl sites for hydroxylation is 1. The summed E-state index contributed by atoms with van der Waals surface area (Å²) >= 11 is 0. The summed E-state index contributed by atoms with van der Waals surface area (Å²) in [7, 11) is 0. The summed E-state index contributed by atoms with van der Waals surface area (Å²) < 4.78 is 14.0. The number of amides is 1. The second kappa shape index (κ2) is 7.51.